The van der Waals surface area contributed by atoms with Crippen LogP contribution in [0.5, 0.6) is 0 Å². The van der Waals surface area contributed by atoms with E-state index in [1.165, 1.54) is 0 Å². The lowest BCUT2D eigenvalue weighted by atomic mass is 10.2. The highest BCUT2D eigenvalue weighted by Crippen LogP contribution is 2.08. The van der Waals surface area contributed by atoms with Gasteiger partial charge in [0.25, 0.3) is 0 Å². The Labute approximate surface area is 125 Å². The fourth-order valence-corrected chi connectivity index (χ4v) is 2.38. The first-order valence-electron chi connectivity index (χ1n) is 7.57. The van der Waals surface area contributed by atoms with E-state index in [9.17, 15) is 4.79 Å². The molecule has 0 radical (unpaired) electrons. The van der Waals surface area contributed by atoms with Crippen LogP contribution in [0.4, 0.5) is 0 Å². The zero-order valence-electron chi connectivity index (χ0n) is 12.6. The molecule has 0 unspecified atom stereocenters. The summed E-state index contributed by atoms with van der Waals surface area (Å²) in [5.74, 6) is 0.862. The molecular weight excluding hydrogens is 264 g/mol. The minimum absolute atomic E-state index is 0.0664. The van der Waals surface area contributed by atoms with Crippen molar-refractivity contribution in [2.24, 2.45) is 4.99 Å². The smallest absolute Gasteiger partial charge is 0.250 e. The lowest BCUT2D eigenvalue weighted by Crippen LogP contribution is -2.42. The Hall–Kier alpha value is -2.04. The molecule has 0 spiro atoms. The number of guanidine groups is 1. The molecule has 0 aliphatic heterocycles. The molecule has 1 aliphatic carbocycles. The minimum Gasteiger partial charge on any atom is -0.356 e. The van der Waals surface area contributed by atoms with E-state index < -0.39 is 0 Å². The Bertz CT molecular complexity index is 539. The highest BCUT2D eigenvalue weighted by molar-refractivity contribution is 5.80. The number of pyridine rings is 1. The summed E-state index contributed by atoms with van der Waals surface area (Å²) in [6.07, 6.45) is 10.3. The van der Waals surface area contributed by atoms with Crippen LogP contribution < -0.4 is 16.2 Å². The first kappa shape index (κ1) is 15.4. The third kappa shape index (κ3) is 5.10. The monoisotopic (exact) mass is 288 g/mol. The lowest BCUT2D eigenvalue weighted by Gasteiger charge is -2.16. The molecule has 0 aromatic carbocycles. The Morgan fingerprint density at radius 3 is 2.86 bits per heavy atom. The Balaban J connectivity index is 1.62. The number of nitrogens with zero attached hydrogens (tertiary/aromatic N) is 2. The largest absolute Gasteiger partial charge is 0.356 e. The van der Waals surface area contributed by atoms with Gasteiger partial charge in [-0.3, -0.25) is 9.79 Å². The van der Waals surface area contributed by atoms with Crippen molar-refractivity contribution in [3.8, 4) is 0 Å². The van der Waals surface area contributed by atoms with Crippen molar-refractivity contribution < 1.29 is 0 Å². The van der Waals surface area contributed by atoms with Crippen LogP contribution in [-0.4, -0.2) is 30.2 Å². The maximum atomic E-state index is 11.5. The highest BCUT2D eigenvalue weighted by Gasteiger charge is 2.10. The summed E-state index contributed by atoms with van der Waals surface area (Å²) in [5.41, 5.74) is 0.0664. The second-order valence-corrected chi connectivity index (χ2v) is 5.22. The number of hydrogen-bond acceptors (Lipinski definition) is 2. The predicted octanol–water partition coefficient (Wildman–Crippen LogP) is 1.51. The van der Waals surface area contributed by atoms with E-state index in [0.717, 1.165) is 44.7 Å². The van der Waals surface area contributed by atoms with Crippen molar-refractivity contribution in [2.75, 3.05) is 13.6 Å². The quantitative estimate of drug-likeness (QED) is 0.361. The molecule has 1 heterocycles. The second kappa shape index (κ2) is 8.29. The lowest BCUT2D eigenvalue weighted by molar-refractivity contribution is 0.579. The van der Waals surface area contributed by atoms with Crippen LogP contribution >= 0.6 is 0 Å². The van der Waals surface area contributed by atoms with Gasteiger partial charge in [-0.05, 0) is 31.7 Å². The molecule has 1 aromatic heterocycles. The average Bonchev–Trinajstić information content (AvgIpc) is 3.00. The molecular formula is C16H24N4O. The zero-order valence-corrected chi connectivity index (χ0v) is 12.6. The fourth-order valence-electron chi connectivity index (χ4n) is 2.38. The average molecular weight is 288 g/mol. The third-order valence-electron chi connectivity index (χ3n) is 3.59. The first-order valence-corrected chi connectivity index (χ1v) is 7.57. The van der Waals surface area contributed by atoms with Crippen LogP contribution in [0.25, 0.3) is 0 Å². The number of aryl methyl sites for hydroxylation is 1. The van der Waals surface area contributed by atoms with Gasteiger partial charge < -0.3 is 15.2 Å². The molecule has 0 bridgehead atoms. The Morgan fingerprint density at radius 1 is 1.33 bits per heavy atom. The molecule has 2 rings (SSSR count). The summed E-state index contributed by atoms with van der Waals surface area (Å²) in [6.45, 7) is 1.63. The molecule has 5 heteroatoms. The molecule has 2 N–H and O–H groups in total. The van der Waals surface area contributed by atoms with E-state index in [0.29, 0.717) is 6.04 Å². The van der Waals surface area contributed by atoms with E-state index in [1.807, 2.05) is 12.3 Å². The van der Waals surface area contributed by atoms with Crippen molar-refractivity contribution >= 4 is 5.96 Å². The molecule has 21 heavy (non-hydrogen) atoms. The van der Waals surface area contributed by atoms with Gasteiger partial charge in [0.05, 0.1) is 0 Å². The van der Waals surface area contributed by atoms with Gasteiger partial charge in [-0.15, -0.1) is 0 Å². The van der Waals surface area contributed by atoms with Crippen molar-refractivity contribution in [1.82, 2.24) is 15.2 Å². The van der Waals surface area contributed by atoms with Gasteiger partial charge in [-0.25, -0.2) is 0 Å². The van der Waals surface area contributed by atoms with Gasteiger partial charge in [0.1, 0.15) is 0 Å². The molecule has 0 atom stereocenters. The van der Waals surface area contributed by atoms with Gasteiger partial charge in [0.2, 0.25) is 5.56 Å². The van der Waals surface area contributed by atoms with Gasteiger partial charge in [-0.1, -0.05) is 18.2 Å². The summed E-state index contributed by atoms with van der Waals surface area (Å²) in [7, 11) is 1.79. The van der Waals surface area contributed by atoms with Gasteiger partial charge >= 0.3 is 0 Å². The van der Waals surface area contributed by atoms with Crippen molar-refractivity contribution in [2.45, 2.75) is 38.3 Å². The number of unbranched alkanes of at least 4 members (excludes halogenated alkanes) is 1. The molecule has 0 saturated heterocycles. The Kier molecular flexibility index (Phi) is 6.06. The zero-order chi connectivity index (χ0) is 14.9. The summed E-state index contributed by atoms with van der Waals surface area (Å²) in [4.78, 5) is 15.8. The fraction of sp³-hybridized carbons (Fsp3) is 0.500. The number of aromatic nitrogens is 1. The van der Waals surface area contributed by atoms with E-state index in [-0.39, 0.29) is 5.56 Å². The summed E-state index contributed by atoms with van der Waals surface area (Å²) in [5, 5.41) is 6.73. The maximum Gasteiger partial charge on any atom is 0.250 e. The standard InChI is InChI=1S/C16H24N4O/c1-17-16(19-14-8-2-3-9-14)18-11-5-7-13-20-12-6-4-10-15(20)21/h2-4,6,10,12,14H,5,7-9,11,13H2,1H3,(H2,17,18,19). The highest BCUT2D eigenvalue weighted by atomic mass is 16.1. The predicted molar refractivity (Wildman–Crippen MR) is 86.6 cm³/mol. The second-order valence-electron chi connectivity index (χ2n) is 5.22. The van der Waals surface area contributed by atoms with E-state index >= 15 is 0 Å². The molecule has 114 valence electrons. The van der Waals surface area contributed by atoms with Crippen LogP contribution in [0, 0.1) is 0 Å². The minimum atomic E-state index is 0.0664. The van der Waals surface area contributed by atoms with Gasteiger partial charge in [0, 0.05) is 38.4 Å². The van der Waals surface area contributed by atoms with Crippen molar-refractivity contribution in [3.63, 3.8) is 0 Å². The number of hydrogen-bond donors (Lipinski definition) is 2. The molecule has 0 saturated carbocycles. The first-order chi connectivity index (χ1) is 10.3. The Morgan fingerprint density at radius 2 is 2.14 bits per heavy atom. The van der Waals surface area contributed by atoms with E-state index in [4.69, 9.17) is 0 Å². The normalized spacial score (nSPS) is 15.4. The van der Waals surface area contributed by atoms with Crippen LogP contribution in [0.2, 0.25) is 0 Å². The van der Waals surface area contributed by atoms with Gasteiger partial charge in [0.15, 0.2) is 5.96 Å². The molecule has 1 aliphatic rings. The summed E-state index contributed by atoms with van der Waals surface area (Å²) < 4.78 is 1.75. The van der Waals surface area contributed by atoms with Crippen LogP contribution in [0.1, 0.15) is 25.7 Å². The molecule has 1 aromatic rings. The topological polar surface area (TPSA) is 58.4 Å². The van der Waals surface area contributed by atoms with Crippen molar-refractivity contribution in [1.29, 1.82) is 0 Å². The summed E-state index contributed by atoms with van der Waals surface area (Å²) >= 11 is 0. The molecule has 0 fully saturated rings. The van der Waals surface area contributed by atoms with Crippen LogP contribution in [0.15, 0.2) is 46.3 Å². The third-order valence-corrected chi connectivity index (χ3v) is 3.59. The van der Waals surface area contributed by atoms with Gasteiger partial charge in [-0.2, -0.15) is 0 Å². The number of aliphatic imine (C=N–C) groups is 1. The van der Waals surface area contributed by atoms with E-state index in [1.54, 1.807) is 23.7 Å². The summed E-state index contributed by atoms with van der Waals surface area (Å²) in [6, 6.07) is 5.73. The van der Waals surface area contributed by atoms with Crippen LogP contribution in [0.3, 0.4) is 0 Å². The SMILES string of the molecule is CN=C(NCCCCn1ccccc1=O)NC1CC=CC1. The molecule has 5 nitrogen and oxygen atoms in total. The van der Waals surface area contributed by atoms with Crippen LogP contribution in [-0.2, 0) is 6.54 Å². The number of nitrogens with one attached hydrogen (secondary N) is 2. The number of rotatable bonds is 6. The maximum absolute atomic E-state index is 11.5. The van der Waals surface area contributed by atoms with Crippen molar-refractivity contribution in [3.05, 3.63) is 46.9 Å². The molecule has 0 amide bonds. The van der Waals surface area contributed by atoms with E-state index in [2.05, 4.69) is 27.8 Å².